The monoisotopic (exact) mass is 280 g/mol. The summed E-state index contributed by atoms with van der Waals surface area (Å²) in [5.41, 5.74) is 0.780. The normalized spacial score (nSPS) is 18.9. The molecule has 20 heavy (non-hydrogen) atoms. The molecule has 1 aromatic rings. The minimum Gasteiger partial charge on any atom is -0.390 e. The van der Waals surface area contributed by atoms with E-state index in [-0.39, 0.29) is 12.3 Å². The van der Waals surface area contributed by atoms with Crippen LogP contribution in [-0.2, 0) is 11.2 Å². The molecule has 0 radical (unpaired) electrons. The van der Waals surface area contributed by atoms with Crippen molar-refractivity contribution in [3.8, 4) is 0 Å². The van der Waals surface area contributed by atoms with E-state index < -0.39 is 6.10 Å². The van der Waals surface area contributed by atoms with E-state index in [4.69, 9.17) is 0 Å². The molecule has 1 amide bonds. The van der Waals surface area contributed by atoms with Gasteiger partial charge in [0, 0.05) is 25.0 Å². The first-order valence-corrected chi connectivity index (χ1v) is 7.29. The van der Waals surface area contributed by atoms with Crippen LogP contribution in [0.1, 0.15) is 25.5 Å². The number of hydrogen-bond acceptors (Lipinski definition) is 4. The Balaban J connectivity index is 1.62. The molecule has 1 saturated heterocycles. The molecule has 6 nitrogen and oxygen atoms in total. The highest BCUT2D eigenvalue weighted by molar-refractivity contribution is 5.78. The second-order valence-electron chi connectivity index (χ2n) is 5.70. The molecule has 2 rings (SSSR count). The van der Waals surface area contributed by atoms with Crippen molar-refractivity contribution in [2.24, 2.45) is 5.92 Å². The number of nitrogens with zero attached hydrogens (tertiary/aromatic N) is 2. The summed E-state index contributed by atoms with van der Waals surface area (Å²) in [4.78, 5) is 13.9. The third-order valence-corrected chi connectivity index (χ3v) is 3.79. The Kier molecular flexibility index (Phi) is 5.55. The first-order valence-electron chi connectivity index (χ1n) is 7.29. The fourth-order valence-corrected chi connectivity index (χ4v) is 2.46. The average molecular weight is 280 g/mol. The Morgan fingerprint density at radius 1 is 1.60 bits per heavy atom. The molecule has 1 fully saturated rings. The minimum absolute atomic E-state index is 0.0967. The van der Waals surface area contributed by atoms with Gasteiger partial charge < -0.3 is 15.3 Å². The number of carbonyl (C=O) groups excluding carboxylic acids is 1. The number of aliphatic hydroxyl groups excluding tert-OH is 1. The van der Waals surface area contributed by atoms with Crippen molar-refractivity contribution in [1.82, 2.24) is 20.4 Å². The standard InChI is InChI=1S/C14H24N4O2/c1-11-3-6-18(7-4-11)10-13(19)9-15-14(20)8-12-2-5-16-17-12/h2,5,11,13,19H,3-4,6-10H2,1H3,(H,15,20)(H,16,17). The van der Waals surface area contributed by atoms with Crippen molar-refractivity contribution in [2.75, 3.05) is 26.2 Å². The average Bonchev–Trinajstić information content (AvgIpc) is 2.92. The van der Waals surface area contributed by atoms with E-state index in [0.717, 1.165) is 24.7 Å². The molecule has 1 aliphatic heterocycles. The van der Waals surface area contributed by atoms with Crippen LogP contribution in [0.25, 0.3) is 0 Å². The summed E-state index contributed by atoms with van der Waals surface area (Å²) in [6.45, 7) is 5.29. The highest BCUT2D eigenvalue weighted by Gasteiger charge is 2.18. The zero-order valence-electron chi connectivity index (χ0n) is 12.0. The Hall–Kier alpha value is -1.40. The number of nitrogens with one attached hydrogen (secondary N) is 2. The summed E-state index contributed by atoms with van der Waals surface area (Å²) < 4.78 is 0. The highest BCUT2D eigenvalue weighted by Crippen LogP contribution is 2.15. The molecule has 1 unspecified atom stereocenters. The van der Waals surface area contributed by atoms with Crippen LogP contribution in [0.4, 0.5) is 0 Å². The van der Waals surface area contributed by atoms with Crippen molar-refractivity contribution in [2.45, 2.75) is 32.3 Å². The number of aromatic nitrogens is 2. The number of amides is 1. The van der Waals surface area contributed by atoms with Crippen LogP contribution >= 0.6 is 0 Å². The van der Waals surface area contributed by atoms with Crippen LogP contribution in [0.15, 0.2) is 12.3 Å². The fourth-order valence-electron chi connectivity index (χ4n) is 2.46. The third-order valence-electron chi connectivity index (χ3n) is 3.79. The summed E-state index contributed by atoms with van der Waals surface area (Å²) >= 11 is 0. The molecule has 1 aliphatic rings. The van der Waals surface area contributed by atoms with Crippen molar-refractivity contribution >= 4 is 5.91 Å². The van der Waals surface area contributed by atoms with Gasteiger partial charge in [-0.1, -0.05) is 6.92 Å². The zero-order valence-corrected chi connectivity index (χ0v) is 12.0. The number of aliphatic hydroxyl groups is 1. The van der Waals surface area contributed by atoms with Crippen molar-refractivity contribution in [3.63, 3.8) is 0 Å². The van der Waals surface area contributed by atoms with Gasteiger partial charge in [0.05, 0.1) is 12.5 Å². The lowest BCUT2D eigenvalue weighted by molar-refractivity contribution is -0.121. The van der Waals surface area contributed by atoms with E-state index in [1.165, 1.54) is 12.8 Å². The lowest BCUT2D eigenvalue weighted by Gasteiger charge is -2.31. The molecule has 3 N–H and O–H groups in total. The van der Waals surface area contributed by atoms with Crippen LogP contribution in [0.3, 0.4) is 0 Å². The van der Waals surface area contributed by atoms with Crippen LogP contribution in [0, 0.1) is 5.92 Å². The predicted molar refractivity (Wildman–Crippen MR) is 76.1 cm³/mol. The Morgan fingerprint density at radius 2 is 2.35 bits per heavy atom. The molecule has 1 aromatic heterocycles. The highest BCUT2D eigenvalue weighted by atomic mass is 16.3. The molecule has 112 valence electrons. The number of rotatable bonds is 6. The molecular formula is C14H24N4O2. The quantitative estimate of drug-likeness (QED) is 0.693. The summed E-state index contributed by atoms with van der Waals surface area (Å²) in [5.74, 6) is 0.693. The largest absolute Gasteiger partial charge is 0.390 e. The maximum atomic E-state index is 11.7. The Bertz CT molecular complexity index is 399. The van der Waals surface area contributed by atoms with Gasteiger partial charge in [0.1, 0.15) is 0 Å². The second kappa shape index (κ2) is 7.40. The summed E-state index contributed by atoms with van der Waals surface area (Å²) in [7, 11) is 0. The van der Waals surface area contributed by atoms with Gasteiger partial charge in [0.25, 0.3) is 0 Å². The molecule has 0 spiro atoms. The zero-order chi connectivity index (χ0) is 14.4. The molecule has 0 saturated carbocycles. The van der Waals surface area contributed by atoms with Gasteiger partial charge in [-0.2, -0.15) is 5.10 Å². The molecule has 6 heteroatoms. The SMILES string of the molecule is CC1CCN(CC(O)CNC(=O)Cc2ccn[nH]2)CC1. The number of aromatic amines is 1. The van der Waals surface area contributed by atoms with Crippen LogP contribution < -0.4 is 5.32 Å². The van der Waals surface area contributed by atoms with Gasteiger partial charge in [0.2, 0.25) is 5.91 Å². The predicted octanol–water partition coefficient (Wildman–Crippen LogP) is 0.161. The number of β-amino-alcohol motifs (C(OH)–C–C–N with tert-alkyl or cyclic N) is 1. The first kappa shape index (κ1) is 15.0. The smallest absolute Gasteiger partial charge is 0.226 e. The van der Waals surface area contributed by atoms with Crippen LogP contribution in [-0.4, -0.2) is 58.4 Å². The minimum atomic E-state index is -0.505. The number of carbonyl (C=O) groups is 1. The fraction of sp³-hybridized carbons (Fsp3) is 0.714. The number of H-pyrrole nitrogens is 1. The molecule has 2 heterocycles. The van der Waals surface area contributed by atoms with E-state index in [1.807, 2.05) is 0 Å². The van der Waals surface area contributed by atoms with Gasteiger partial charge in [-0.15, -0.1) is 0 Å². The van der Waals surface area contributed by atoms with Crippen molar-refractivity contribution in [1.29, 1.82) is 0 Å². The topological polar surface area (TPSA) is 81.2 Å². The summed E-state index contributed by atoms with van der Waals surface area (Å²) in [5, 5.41) is 19.3. The lowest BCUT2D eigenvalue weighted by Crippen LogP contribution is -2.43. The number of likely N-dealkylation sites (tertiary alicyclic amines) is 1. The van der Waals surface area contributed by atoms with Gasteiger partial charge in [-0.05, 0) is 37.9 Å². The third kappa shape index (κ3) is 4.94. The summed E-state index contributed by atoms with van der Waals surface area (Å²) in [6, 6.07) is 1.77. The first-order chi connectivity index (χ1) is 9.63. The lowest BCUT2D eigenvalue weighted by atomic mass is 9.99. The van der Waals surface area contributed by atoms with E-state index in [9.17, 15) is 9.90 Å². The number of piperidine rings is 1. The van der Waals surface area contributed by atoms with Crippen LogP contribution in [0.5, 0.6) is 0 Å². The maximum absolute atomic E-state index is 11.7. The molecule has 0 bridgehead atoms. The summed E-state index contributed by atoms with van der Waals surface area (Å²) in [6.07, 6.45) is 3.77. The van der Waals surface area contributed by atoms with Gasteiger partial charge in [-0.25, -0.2) is 0 Å². The molecule has 0 aromatic carbocycles. The molecular weight excluding hydrogens is 256 g/mol. The van der Waals surface area contributed by atoms with Gasteiger partial charge in [0.15, 0.2) is 0 Å². The Morgan fingerprint density at radius 3 is 3.00 bits per heavy atom. The van der Waals surface area contributed by atoms with Crippen molar-refractivity contribution < 1.29 is 9.90 Å². The van der Waals surface area contributed by atoms with Gasteiger partial charge >= 0.3 is 0 Å². The number of hydrogen-bond donors (Lipinski definition) is 3. The van der Waals surface area contributed by atoms with Crippen LogP contribution in [0.2, 0.25) is 0 Å². The molecule has 1 atom stereocenters. The Labute approximate surface area is 119 Å². The van der Waals surface area contributed by atoms with E-state index in [0.29, 0.717) is 13.1 Å². The second-order valence-corrected chi connectivity index (χ2v) is 5.70. The van der Waals surface area contributed by atoms with E-state index in [2.05, 4.69) is 27.3 Å². The van der Waals surface area contributed by atoms with E-state index >= 15 is 0 Å². The maximum Gasteiger partial charge on any atom is 0.226 e. The van der Waals surface area contributed by atoms with Crippen molar-refractivity contribution in [3.05, 3.63) is 18.0 Å². The van der Waals surface area contributed by atoms with E-state index in [1.54, 1.807) is 12.3 Å². The van der Waals surface area contributed by atoms with Gasteiger partial charge in [-0.3, -0.25) is 9.89 Å². The molecule has 0 aliphatic carbocycles.